The van der Waals surface area contributed by atoms with Gasteiger partial charge in [0.1, 0.15) is 0 Å². The van der Waals surface area contributed by atoms with Crippen molar-refractivity contribution in [1.29, 1.82) is 0 Å². The van der Waals surface area contributed by atoms with Crippen molar-refractivity contribution in [2.45, 2.75) is 43.9 Å². The summed E-state index contributed by atoms with van der Waals surface area (Å²) < 4.78 is 0. The molecule has 22 heavy (non-hydrogen) atoms. The molecule has 0 unspecified atom stereocenters. The number of pyridine rings is 1. The zero-order valence-electron chi connectivity index (χ0n) is 12.8. The number of benzene rings is 1. The van der Waals surface area contributed by atoms with Crippen LogP contribution in [0.2, 0.25) is 0 Å². The molecule has 114 valence electrons. The van der Waals surface area contributed by atoms with Gasteiger partial charge in [0.15, 0.2) is 0 Å². The van der Waals surface area contributed by atoms with Gasteiger partial charge in [-0.05, 0) is 30.5 Å². The van der Waals surface area contributed by atoms with Crippen molar-refractivity contribution in [1.82, 2.24) is 4.98 Å². The number of anilines is 1. The molecule has 3 heteroatoms. The van der Waals surface area contributed by atoms with Crippen LogP contribution in [0.3, 0.4) is 0 Å². The quantitative estimate of drug-likeness (QED) is 0.912. The Bertz CT molecular complexity index is 604. The highest BCUT2D eigenvalue weighted by atomic mass is 16.1. The zero-order chi connectivity index (χ0) is 15.3. The first-order valence-corrected chi connectivity index (χ1v) is 8.04. The fourth-order valence-corrected chi connectivity index (χ4v) is 3.54. The van der Waals surface area contributed by atoms with Gasteiger partial charge in [-0.25, -0.2) is 0 Å². The molecular formula is C19H22N2O. The number of hydrogen-bond acceptors (Lipinski definition) is 2. The lowest BCUT2D eigenvalue weighted by Crippen LogP contribution is -2.34. The normalized spacial score (nSPS) is 16.9. The molecule has 1 heterocycles. The van der Waals surface area contributed by atoms with Crippen LogP contribution in [0.1, 0.15) is 44.1 Å². The van der Waals surface area contributed by atoms with Crippen molar-refractivity contribution in [3.05, 3.63) is 60.4 Å². The maximum atomic E-state index is 12.5. The van der Waals surface area contributed by atoms with Crippen molar-refractivity contribution in [2.75, 3.05) is 5.32 Å². The van der Waals surface area contributed by atoms with Gasteiger partial charge in [-0.3, -0.25) is 9.78 Å². The summed E-state index contributed by atoms with van der Waals surface area (Å²) in [5.41, 5.74) is 2.06. The predicted octanol–water partition coefficient (Wildman–Crippen LogP) is 4.31. The van der Waals surface area contributed by atoms with Gasteiger partial charge in [0.05, 0.1) is 11.9 Å². The number of aromatic nitrogens is 1. The first kappa shape index (κ1) is 14.8. The highest BCUT2D eigenvalue weighted by molar-refractivity contribution is 5.91. The van der Waals surface area contributed by atoms with E-state index in [1.807, 2.05) is 18.2 Å². The molecule has 2 aromatic rings. The molecule has 1 aromatic heterocycles. The average Bonchev–Trinajstić information content (AvgIpc) is 2.57. The molecule has 3 nitrogen and oxygen atoms in total. The first-order valence-electron chi connectivity index (χ1n) is 8.04. The number of nitrogens with one attached hydrogen (secondary N) is 1. The van der Waals surface area contributed by atoms with Gasteiger partial charge < -0.3 is 5.32 Å². The highest BCUT2D eigenvalue weighted by Gasteiger charge is 2.35. The van der Waals surface area contributed by atoms with Crippen LogP contribution < -0.4 is 5.32 Å². The predicted molar refractivity (Wildman–Crippen MR) is 88.7 cm³/mol. The van der Waals surface area contributed by atoms with E-state index in [0.717, 1.165) is 18.5 Å². The Morgan fingerprint density at radius 1 is 1.05 bits per heavy atom. The number of hydrogen-bond donors (Lipinski definition) is 1. The number of carbonyl (C=O) groups is 1. The number of rotatable bonds is 4. The van der Waals surface area contributed by atoms with Gasteiger partial charge in [-0.15, -0.1) is 0 Å². The minimum Gasteiger partial charge on any atom is -0.325 e. The minimum atomic E-state index is -0.00813. The molecule has 0 atom stereocenters. The molecule has 0 saturated heterocycles. The van der Waals surface area contributed by atoms with Crippen molar-refractivity contribution in [3.8, 4) is 0 Å². The molecule has 1 aromatic carbocycles. The summed E-state index contributed by atoms with van der Waals surface area (Å²) in [5.74, 6) is 0.0822. The fourth-order valence-electron chi connectivity index (χ4n) is 3.54. The molecule has 1 fully saturated rings. The largest absolute Gasteiger partial charge is 0.325 e. The van der Waals surface area contributed by atoms with E-state index >= 15 is 0 Å². The van der Waals surface area contributed by atoms with Crippen molar-refractivity contribution in [2.24, 2.45) is 0 Å². The molecular weight excluding hydrogens is 272 g/mol. The lowest BCUT2D eigenvalue weighted by molar-refractivity contribution is -0.117. The highest BCUT2D eigenvalue weighted by Crippen LogP contribution is 2.42. The molecule has 1 saturated carbocycles. The van der Waals surface area contributed by atoms with E-state index < -0.39 is 0 Å². The summed E-state index contributed by atoms with van der Waals surface area (Å²) >= 11 is 0. The monoisotopic (exact) mass is 294 g/mol. The maximum absolute atomic E-state index is 12.5. The maximum Gasteiger partial charge on any atom is 0.225 e. The van der Waals surface area contributed by atoms with Crippen LogP contribution in [0.4, 0.5) is 5.69 Å². The lowest BCUT2D eigenvalue weighted by atomic mass is 9.67. The Balaban J connectivity index is 1.77. The summed E-state index contributed by atoms with van der Waals surface area (Å²) in [7, 11) is 0. The van der Waals surface area contributed by atoms with Crippen molar-refractivity contribution >= 4 is 11.6 Å². The van der Waals surface area contributed by atoms with Crippen LogP contribution in [0.15, 0.2) is 54.9 Å². The molecule has 1 amide bonds. The summed E-state index contributed by atoms with van der Waals surface area (Å²) in [5, 5.41) is 2.98. The molecule has 0 spiro atoms. The van der Waals surface area contributed by atoms with E-state index in [1.165, 1.54) is 24.8 Å². The van der Waals surface area contributed by atoms with Crippen LogP contribution in [0.5, 0.6) is 0 Å². The molecule has 1 aliphatic carbocycles. The summed E-state index contributed by atoms with van der Waals surface area (Å²) in [4.78, 5) is 16.6. The summed E-state index contributed by atoms with van der Waals surface area (Å²) in [6.45, 7) is 0. The third-order valence-corrected chi connectivity index (χ3v) is 4.64. The number of nitrogens with zero attached hydrogens (tertiary/aromatic N) is 1. The van der Waals surface area contributed by atoms with Gasteiger partial charge in [0.2, 0.25) is 5.91 Å². The van der Waals surface area contributed by atoms with Gasteiger partial charge >= 0.3 is 0 Å². The third kappa shape index (κ3) is 3.35. The molecule has 0 aliphatic heterocycles. The van der Waals surface area contributed by atoms with Crippen LogP contribution in [-0.4, -0.2) is 10.9 Å². The van der Waals surface area contributed by atoms with Crippen molar-refractivity contribution < 1.29 is 4.79 Å². The van der Waals surface area contributed by atoms with Gasteiger partial charge in [0, 0.05) is 18.0 Å². The Morgan fingerprint density at radius 2 is 1.82 bits per heavy atom. The molecule has 0 radical (unpaired) electrons. The minimum absolute atomic E-state index is 0.00813. The van der Waals surface area contributed by atoms with Crippen LogP contribution in [-0.2, 0) is 10.2 Å². The van der Waals surface area contributed by atoms with E-state index in [2.05, 4.69) is 34.6 Å². The van der Waals surface area contributed by atoms with E-state index in [1.54, 1.807) is 12.4 Å². The van der Waals surface area contributed by atoms with Gasteiger partial charge in [-0.2, -0.15) is 0 Å². The third-order valence-electron chi connectivity index (χ3n) is 4.64. The van der Waals surface area contributed by atoms with Gasteiger partial charge in [-0.1, -0.05) is 49.6 Å². The number of carbonyl (C=O) groups excluding carboxylic acids is 1. The Labute approximate surface area is 131 Å². The summed E-state index contributed by atoms with van der Waals surface area (Å²) in [6.07, 6.45) is 9.82. The Morgan fingerprint density at radius 3 is 2.50 bits per heavy atom. The van der Waals surface area contributed by atoms with E-state index in [4.69, 9.17) is 0 Å². The van der Waals surface area contributed by atoms with E-state index in [-0.39, 0.29) is 11.3 Å². The van der Waals surface area contributed by atoms with Crippen LogP contribution in [0.25, 0.3) is 0 Å². The molecule has 3 rings (SSSR count). The number of amides is 1. The van der Waals surface area contributed by atoms with E-state index in [9.17, 15) is 4.79 Å². The smallest absolute Gasteiger partial charge is 0.225 e. The molecule has 0 bridgehead atoms. The van der Waals surface area contributed by atoms with E-state index in [0.29, 0.717) is 6.42 Å². The zero-order valence-corrected chi connectivity index (χ0v) is 12.8. The molecule has 1 aliphatic rings. The Hall–Kier alpha value is -2.16. The first-order chi connectivity index (χ1) is 10.8. The second kappa shape index (κ2) is 6.73. The fraction of sp³-hybridized carbons (Fsp3) is 0.368. The van der Waals surface area contributed by atoms with Crippen LogP contribution >= 0.6 is 0 Å². The van der Waals surface area contributed by atoms with Gasteiger partial charge in [0.25, 0.3) is 0 Å². The topological polar surface area (TPSA) is 42.0 Å². The molecule has 1 N–H and O–H groups in total. The lowest BCUT2D eigenvalue weighted by Gasteiger charge is -2.37. The second-order valence-corrected chi connectivity index (χ2v) is 6.17. The summed E-state index contributed by atoms with van der Waals surface area (Å²) in [6, 6.07) is 14.2. The van der Waals surface area contributed by atoms with Crippen molar-refractivity contribution in [3.63, 3.8) is 0 Å². The second-order valence-electron chi connectivity index (χ2n) is 6.17. The van der Waals surface area contributed by atoms with Crippen LogP contribution in [0, 0.1) is 0 Å². The Kier molecular flexibility index (Phi) is 4.52. The SMILES string of the molecule is O=C(CC1(c2ccccc2)CCCCC1)Nc1cccnc1. The standard InChI is InChI=1S/C19H22N2O/c22-18(21-17-10-7-13-20-15-17)14-19(11-5-2-6-12-19)16-8-3-1-4-9-16/h1,3-4,7-10,13,15H,2,5-6,11-12,14H2,(H,21,22). The average molecular weight is 294 g/mol.